The van der Waals surface area contributed by atoms with Crippen molar-refractivity contribution < 1.29 is 46.6 Å². The van der Waals surface area contributed by atoms with Gasteiger partial charge < -0.3 is 36.1 Å². The number of methoxy groups -OCH3 is 1. The van der Waals surface area contributed by atoms with Crippen molar-refractivity contribution in [2.45, 2.75) is 56.3 Å². The van der Waals surface area contributed by atoms with E-state index in [4.69, 9.17) is 21.1 Å². The Balaban J connectivity index is 1.20. The number of amides is 3. The molecule has 1 aliphatic carbocycles. The Labute approximate surface area is 306 Å². The van der Waals surface area contributed by atoms with Gasteiger partial charge in [-0.2, -0.15) is 28.1 Å². The first-order valence-corrected chi connectivity index (χ1v) is 16.9. The summed E-state index contributed by atoms with van der Waals surface area (Å²) >= 11 is 6.02. The molecule has 0 bridgehead atoms. The highest BCUT2D eigenvalue weighted by Gasteiger charge is 2.45. The quantitative estimate of drug-likeness (QED) is 0.105. The molecule has 19 heteroatoms. The number of piperidine rings is 1. The van der Waals surface area contributed by atoms with E-state index >= 15 is 0 Å². The maximum Gasteiger partial charge on any atom is 0.422 e. The molecule has 0 spiro atoms. The predicted molar refractivity (Wildman–Crippen MR) is 183 cm³/mol. The van der Waals surface area contributed by atoms with Gasteiger partial charge in [-0.15, -0.1) is 0 Å². The summed E-state index contributed by atoms with van der Waals surface area (Å²) in [5.41, 5.74) is 0.816. The van der Waals surface area contributed by atoms with Crippen LogP contribution in [0, 0.1) is 5.92 Å². The summed E-state index contributed by atoms with van der Waals surface area (Å²) in [5.74, 6) is -3.55. The number of benzene rings is 2. The van der Waals surface area contributed by atoms with Gasteiger partial charge >= 0.3 is 18.2 Å². The SMILES string of the molecule is COC(=O)[C@H](CCNC(=O)C(=O)CC1CCNC(=O)C1)NC(=O)c1ccc(Nc2nc(NC3(c4ccc(Cl)cc4)CC3)nc(OCC(F)(F)F)n2)cc1. The summed E-state index contributed by atoms with van der Waals surface area (Å²) in [6, 6.07) is 11.2. The second-order valence-electron chi connectivity index (χ2n) is 12.5. The number of nitrogens with zero attached hydrogens (tertiary/aromatic N) is 3. The Morgan fingerprint density at radius 2 is 1.72 bits per heavy atom. The number of carbonyl (C=O) groups is 5. The van der Waals surface area contributed by atoms with Crippen LogP contribution in [0.1, 0.15) is 54.4 Å². The lowest BCUT2D eigenvalue weighted by Crippen LogP contribution is -2.44. The van der Waals surface area contributed by atoms with Gasteiger partial charge in [-0.3, -0.25) is 19.2 Å². The third-order valence-electron chi connectivity index (χ3n) is 8.47. The molecule has 2 heterocycles. The Kier molecular flexibility index (Phi) is 12.3. The number of ketones is 1. The van der Waals surface area contributed by atoms with E-state index in [1.54, 1.807) is 12.1 Å². The maximum atomic E-state index is 13.0. The van der Waals surface area contributed by atoms with Crippen molar-refractivity contribution in [1.29, 1.82) is 0 Å². The second-order valence-corrected chi connectivity index (χ2v) is 13.0. The van der Waals surface area contributed by atoms with Crippen LogP contribution in [0.4, 0.5) is 30.8 Å². The molecule has 1 saturated heterocycles. The van der Waals surface area contributed by atoms with Crippen LogP contribution in [-0.4, -0.2) is 83.5 Å². The van der Waals surface area contributed by atoms with E-state index in [-0.39, 0.29) is 55.1 Å². The van der Waals surface area contributed by atoms with Gasteiger partial charge in [0.25, 0.3) is 11.8 Å². The van der Waals surface area contributed by atoms with Crippen LogP contribution >= 0.6 is 11.6 Å². The minimum absolute atomic E-state index is 0.0317. The number of hydrogen-bond acceptors (Lipinski definition) is 12. The summed E-state index contributed by atoms with van der Waals surface area (Å²) in [5, 5.41) is 14.2. The van der Waals surface area contributed by atoms with Crippen LogP contribution in [0.2, 0.25) is 5.02 Å². The normalized spacial score (nSPS) is 16.7. The van der Waals surface area contributed by atoms with Crippen molar-refractivity contribution in [1.82, 2.24) is 30.9 Å². The molecule has 5 rings (SSSR count). The number of alkyl halides is 3. The zero-order valence-electron chi connectivity index (χ0n) is 28.3. The summed E-state index contributed by atoms with van der Waals surface area (Å²) in [6.45, 7) is -1.31. The van der Waals surface area contributed by atoms with Gasteiger partial charge in [0.2, 0.25) is 23.6 Å². The lowest BCUT2D eigenvalue weighted by atomic mass is 9.92. The number of hydrogen-bond donors (Lipinski definition) is 5. The lowest BCUT2D eigenvalue weighted by molar-refractivity contribution is -0.154. The smallest absolute Gasteiger partial charge is 0.422 e. The molecule has 0 radical (unpaired) electrons. The fourth-order valence-corrected chi connectivity index (χ4v) is 5.68. The molecular formula is C34H36ClF3N8O7. The van der Waals surface area contributed by atoms with Crippen molar-refractivity contribution >= 4 is 58.7 Å². The maximum absolute atomic E-state index is 13.0. The van der Waals surface area contributed by atoms with E-state index < -0.39 is 53.9 Å². The van der Waals surface area contributed by atoms with Gasteiger partial charge in [-0.25, -0.2) is 4.79 Å². The molecule has 3 aromatic rings. The first-order valence-electron chi connectivity index (χ1n) is 16.6. The molecule has 1 aliphatic heterocycles. The predicted octanol–water partition coefficient (Wildman–Crippen LogP) is 3.57. The van der Waals surface area contributed by atoms with Crippen molar-refractivity contribution in [2.75, 3.05) is 37.4 Å². The second kappa shape index (κ2) is 16.9. The average molecular weight is 761 g/mol. The number of carbonyl (C=O) groups excluding carboxylic acids is 5. The fourth-order valence-electron chi connectivity index (χ4n) is 5.55. The summed E-state index contributed by atoms with van der Waals surface area (Å²) in [6.07, 6.45) is -2.64. The Hall–Kier alpha value is -5.52. The molecule has 2 aliphatic rings. The third kappa shape index (κ3) is 11.2. The van der Waals surface area contributed by atoms with Gasteiger partial charge in [-0.1, -0.05) is 23.7 Å². The van der Waals surface area contributed by atoms with Crippen LogP contribution in [0.25, 0.3) is 0 Å². The van der Waals surface area contributed by atoms with E-state index in [1.807, 2.05) is 12.1 Å². The van der Waals surface area contributed by atoms with Crippen molar-refractivity contribution in [3.8, 4) is 6.01 Å². The van der Waals surface area contributed by atoms with Crippen molar-refractivity contribution in [3.63, 3.8) is 0 Å². The van der Waals surface area contributed by atoms with E-state index in [0.29, 0.717) is 36.5 Å². The number of esters is 1. The molecule has 2 aromatic carbocycles. The van der Waals surface area contributed by atoms with Gasteiger partial charge in [0.05, 0.1) is 12.6 Å². The number of ether oxygens (including phenoxy) is 2. The molecule has 1 unspecified atom stereocenters. The topological polar surface area (TPSA) is 203 Å². The van der Waals surface area contributed by atoms with Gasteiger partial charge in [0, 0.05) is 42.2 Å². The molecule has 282 valence electrons. The van der Waals surface area contributed by atoms with Crippen LogP contribution in [0.3, 0.4) is 0 Å². The van der Waals surface area contributed by atoms with Gasteiger partial charge in [0.1, 0.15) is 6.04 Å². The van der Waals surface area contributed by atoms with Gasteiger partial charge in [-0.05, 0) is 73.6 Å². The average Bonchev–Trinajstić information content (AvgIpc) is 3.90. The molecule has 3 amide bonds. The van der Waals surface area contributed by atoms with Crippen molar-refractivity contribution in [2.24, 2.45) is 5.92 Å². The standard InChI is InChI=1S/C34H36ClF3N8O7/c1-52-29(51)24(11-15-40-28(50)25(47)16-19-10-14-39-26(48)17-19)42-27(49)20-2-8-23(9-3-20)41-30-43-31(45-32(44-30)53-18-34(36,37)38)46-33(12-13-33)21-4-6-22(35)7-5-21/h2-9,19,24H,10-18H2,1H3,(H,39,48)(H,40,50)(H,42,49)(H2,41,43,44,45,46)/t19?,24-/m0/s1. The lowest BCUT2D eigenvalue weighted by Gasteiger charge is -2.21. The molecule has 53 heavy (non-hydrogen) atoms. The Morgan fingerprint density at radius 3 is 2.36 bits per heavy atom. The van der Waals surface area contributed by atoms with E-state index in [1.165, 1.54) is 24.3 Å². The molecule has 15 nitrogen and oxygen atoms in total. The zero-order valence-corrected chi connectivity index (χ0v) is 29.1. The highest BCUT2D eigenvalue weighted by molar-refractivity contribution is 6.36. The van der Waals surface area contributed by atoms with E-state index in [9.17, 15) is 37.1 Å². The number of Topliss-reactive ketones (excluding diaryl/α,β-unsaturated/α-hetero) is 1. The van der Waals surface area contributed by atoms with Crippen LogP contribution in [-0.2, 0) is 29.5 Å². The largest absolute Gasteiger partial charge is 0.467 e. The number of rotatable bonds is 16. The minimum Gasteiger partial charge on any atom is -0.467 e. The minimum atomic E-state index is -4.64. The number of nitrogens with one attached hydrogen (secondary N) is 5. The summed E-state index contributed by atoms with van der Waals surface area (Å²) < 4.78 is 48.4. The highest BCUT2D eigenvalue weighted by atomic mass is 35.5. The van der Waals surface area contributed by atoms with E-state index in [2.05, 4.69) is 41.5 Å². The first kappa shape index (κ1) is 38.7. The molecule has 1 aromatic heterocycles. The monoisotopic (exact) mass is 760 g/mol. The van der Waals surface area contributed by atoms with Crippen LogP contribution in [0.5, 0.6) is 6.01 Å². The fraction of sp³-hybridized carbons (Fsp3) is 0.412. The van der Waals surface area contributed by atoms with Crippen LogP contribution < -0.4 is 31.3 Å². The molecule has 5 N–H and O–H groups in total. The highest BCUT2D eigenvalue weighted by Crippen LogP contribution is 2.48. The molecular weight excluding hydrogens is 725 g/mol. The Bertz CT molecular complexity index is 1830. The van der Waals surface area contributed by atoms with Gasteiger partial charge in [0.15, 0.2) is 6.61 Å². The van der Waals surface area contributed by atoms with Crippen LogP contribution in [0.15, 0.2) is 48.5 Å². The summed E-state index contributed by atoms with van der Waals surface area (Å²) in [4.78, 5) is 74.0. The molecule has 1 saturated carbocycles. The first-order chi connectivity index (χ1) is 25.2. The Morgan fingerprint density at radius 1 is 1.02 bits per heavy atom. The molecule has 2 fully saturated rings. The third-order valence-corrected chi connectivity index (χ3v) is 8.72. The zero-order chi connectivity index (χ0) is 38.2. The number of aromatic nitrogens is 3. The summed E-state index contributed by atoms with van der Waals surface area (Å²) in [7, 11) is 1.13. The number of halogens is 4. The van der Waals surface area contributed by atoms with Crippen molar-refractivity contribution in [3.05, 3.63) is 64.7 Å². The molecule has 2 atom stereocenters. The number of anilines is 3. The van der Waals surface area contributed by atoms with E-state index in [0.717, 1.165) is 12.7 Å².